The average Bonchev–Trinajstić information content (AvgIpc) is 2.86. The van der Waals surface area contributed by atoms with Crippen molar-refractivity contribution in [3.05, 3.63) is 42.0 Å². The Morgan fingerprint density at radius 2 is 2.09 bits per heavy atom. The molecule has 1 aromatic carbocycles. The summed E-state index contributed by atoms with van der Waals surface area (Å²) in [5, 5.41) is 0. The third-order valence-corrected chi connectivity index (χ3v) is 5.44. The van der Waals surface area contributed by atoms with E-state index in [1.54, 1.807) is 18.1 Å². The Balaban J connectivity index is 2.08. The van der Waals surface area contributed by atoms with Crippen LogP contribution >= 0.6 is 0 Å². The van der Waals surface area contributed by atoms with Crippen molar-refractivity contribution in [3.8, 4) is 0 Å². The van der Waals surface area contributed by atoms with E-state index in [-0.39, 0.29) is 23.5 Å². The maximum atomic E-state index is 12.4. The monoisotopic (exact) mass is 323 g/mol. The Kier molecular flexibility index (Phi) is 5.74. The van der Waals surface area contributed by atoms with Crippen molar-refractivity contribution < 1.29 is 17.9 Å². The van der Waals surface area contributed by atoms with Gasteiger partial charge in [-0.1, -0.05) is 30.3 Å². The van der Waals surface area contributed by atoms with E-state index < -0.39 is 9.84 Å². The molecule has 0 saturated carbocycles. The quantitative estimate of drug-likeness (QED) is 0.742. The van der Waals surface area contributed by atoms with E-state index in [4.69, 9.17) is 4.74 Å². The summed E-state index contributed by atoms with van der Waals surface area (Å²) < 4.78 is 28.3. The van der Waals surface area contributed by atoms with Gasteiger partial charge in [0.05, 0.1) is 18.1 Å². The lowest BCUT2D eigenvalue weighted by molar-refractivity contribution is -0.128. The van der Waals surface area contributed by atoms with Crippen LogP contribution in [0.15, 0.2) is 36.4 Å². The number of amides is 1. The van der Waals surface area contributed by atoms with Crippen molar-refractivity contribution in [1.82, 2.24) is 4.90 Å². The molecule has 1 heterocycles. The van der Waals surface area contributed by atoms with Crippen LogP contribution in [0.1, 0.15) is 12.0 Å². The van der Waals surface area contributed by atoms with Crippen molar-refractivity contribution in [3.63, 3.8) is 0 Å². The highest BCUT2D eigenvalue weighted by Crippen LogP contribution is 2.18. The van der Waals surface area contributed by atoms with Gasteiger partial charge in [-0.3, -0.25) is 4.79 Å². The van der Waals surface area contributed by atoms with Gasteiger partial charge in [-0.05, 0) is 18.1 Å². The van der Waals surface area contributed by atoms with E-state index in [0.29, 0.717) is 19.6 Å². The number of ether oxygens (including phenoxy) is 1. The molecule has 6 heteroatoms. The standard InChI is InChI=1S/C16H21NO4S/c1-21-11-10-17(15-9-12-22(19,20)13-15)16(18)8-7-14-5-3-2-4-6-14/h2-8,15H,9-13H2,1H3/b8-7+. The summed E-state index contributed by atoms with van der Waals surface area (Å²) in [6.45, 7) is 0.788. The molecule has 0 spiro atoms. The number of benzene rings is 1. The largest absolute Gasteiger partial charge is 0.383 e. The van der Waals surface area contributed by atoms with E-state index in [1.807, 2.05) is 30.3 Å². The summed E-state index contributed by atoms with van der Waals surface area (Å²) in [7, 11) is -1.46. The first-order valence-corrected chi connectivity index (χ1v) is 9.07. The number of methoxy groups -OCH3 is 1. The number of sulfone groups is 1. The number of hydrogen-bond donors (Lipinski definition) is 0. The Hall–Kier alpha value is -1.66. The SMILES string of the molecule is COCCN(C(=O)/C=C/c1ccccc1)C1CCS(=O)(=O)C1. The van der Waals surface area contributed by atoms with Crippen molar-refractivity contribution in [2.24, 2.45) is 0 Å². The minimum absolute atomic E-state index is 0.0433. The van der Waals surface area contributed by atoms with Gasteiger partial charge >= 0.3 is 0 Å². The number of carbonyl (C=O) groups excluding carboxylic acids is 1. The Labute approximate surface area is 131 Å². The summed E-state index contributed by atoms with van der Waals surface area (Å²) in [4.78, 5) is 14.0. The Morgan fingerprint density at radius 1 is 1.36 bits per heavy atom. The first-order chi connectivity index (χ1) is 10.5. The van der Waals surface area contributed by atoms with Gasteiger partial charge < -0.3 is 9.64 Å². The summed E-state index contributed by atoms with van der Waals surface area (Å²) >= 11 is 0. The molecular formula is C16H21NO4S. The van der Waals surface area contributed by atoms with Gasteiger partial charge in [0.25, 0.3) is 0 Å². The summed E-state index contributed by atoms with van der Waals surface area (Å²) in [6.07, 6.45) is 3.73. The lowest BCUT2D eigenvalue weighted by Gasteiger charge is -2.26. The highest BCUT2D eigenvalue weighted by Gasteiger charge is 2.33. The minimum atomic E-state index is -3.02. The smallest absolute Gasteiger partial charge is 0.246 e. The van der Waals surface area contributed by atoms with Gasteiger partial charge in [0.2, 0.25) is 5.91 Å². The molecule has 1 aliphatic heterocycles. The third kappa shape index (κ3) is 4.68. The summed E-state index contributed by atoms with van der Waals surface area (Å²) in [6, 6.07) is 9.26. The van der Waals surface area contributed by atoms with Crippen molar-refractivity contribution in [1.29, 1.82) is 0 Å². The molecule has 1 aromatic rings. The van der Waals surface area contributed by atoms with Crippen LogP contribution in [0.2, 0.25) is 0 Å². The average molecular weight is 323 g/mol. The normalized spacial score (nSPS) is 20.3. The molecule has 22 heavy (non-hydrogen) atoms. The molecule has 1 aliphatic rings. The van der Waals surface area contributed by atoms with E-state index in [1.165, 1.54) is 6.08 Å². The van der Waals surface area contributed by atoms with E-state index >= 15 is 0 Å². The van der Waals surface area contributed by atoms with Gasteiger partial charge in [-0.15, -0.1) is 0 Å². The predicted molar refractivity (Wildman–Crippen MR) is 86.1 cm³/mol. The molecule has 0 bridgehead atoms. The molecule has 1 amide bonds. The van der Waals surface area contributed by atoms with Crippen LogP contribution < -0.4 is 0 Å². The van der Waals surface area contributed by atoms with Gasteiger partial charge in [-0.2, -0.15) is 0 Å². The van der Waals surface area contributed by atoms with Crippen molar-refractivity contribution in [2.45, 2.75) is 12.5 Å². The lowest BCUT2D eigenvalue weighted by atomic mass is 10.2. The van der Waals surface area contributed by atoms with E-state index in [9.17, 15) is 13.2 Å². The minimum Gasteiger partial charge on any atom is -0.383 e. The zero-order chi connectivity index (χ0) is 16.0. The number of rotatable bonds is 6. The molecular weight excluding hydrogens is 302 g/mol. The Bertz CT molecular complexity index is 625. The second-order valence-electron chi connectivity index (χ2n) is 5.33. The first kappa shape index (κ1) is 16.7. The number of hydrogen-bond acceptors (Lipinski definition) is 4. The topological polar surface area (TPSA) is 63.7 Å². The molecule has 0 radical (unpaired) electrons. The maximum Gasteiger partial charge on any atom is 0.246 e. The van der Waals surface area contributed by atoms with Crippen LogP contribution in [0.5, 0.6) is 0 Å². The van der Waals surface area contributed by atoms with Crippen LogP contribution in [0.25, 0.3) is 6.08 Å². The van der Waals surface area contributed by atoms with E-state index in [0.717, 1.165) is 5.56 Å². The van der Waals surface area contributed by atoms with Gasteiger partial charge in [-0.25, -0.2) is 8.42 Å². The van der Waals surface area contributed by atoms with Gasteiger partial charge in [0, 0.05) is 25.8 Å². The second kappa shape index (κ2) is 7.56. The predicted octanol–water partition coefficient (Wildman–Crippen LogP) is 1.36. The highest BCUT2D eigenvalue weighted by atomic mass is 32.2. The molecule has 0 N–H and O–H groups in total. The molecule has 1 unspecified atom stereocenters. The van der Waals surface area contributed by atoms with Crippen LogP contribution in [-0.4, -0.2) is 57.0 Å². The lowest BCUT2D eigenvalue weighted by Crippen LogP contribution is -2.42. The Morgan fingerprint density at radius 3 is 2.68 bits per heavy atom. The van der Waals surface area contributed by atoms with Gasteiger partial charge in [0.1, 0.15) is 0 Å². The molecule has 5 nitrogen and oxygen atoms in total. The zero-order valence-electron chi connectivity index (χ0n) is 12.6. The number of nitrogens with zero attached hydrogens (tertiary/aromatic N) is 1. The molecule has 1 saturated heterocycles. The second-order valence-corrected chi connectivity index (χ2v) is 7.55. The fourth-order valence-electron chi connectivity index (χ4n) is 2.51. The fraction of sp³-hybridized carbons (Fsp3) is 0.438. The van der Waals surface area contributed by atoms with Crippen molar-refractivity contribution >= 4 is 21.8 Å². The van der Waals surface area contributed by atoms with E-state index in [2.05, 4.69) is 0 Å². The molecule has 2 rings (SSSR count). The summed E-state index contributed by atoms with van der Waals surface area (Å²) in [5.41, 5.74) is 0.932. The molecule has 1 fully saturated rings. The van der Waals surface area contributed by atoms with Crippen molar-refractivity contribution in [2.75, 3.05) is 31.8 Å². The molecule has 0 aromatic heterocycles. The molecule has 120 valence electrons. The van der Waals surface area contributed by atoms with Crippen LogP contribution in [0.4, 0.5) is 0 Å². The number of carbonyl (C=O) groups is 1. The first-order valence-electron chi connectivity index (χ1n) is 7.25. The highest BCUT2D eigenvalue weighted by molar-refractivity contribution is 7.91. The maximum absolute atomic E-state index is 12.4. The fourth-order valence-corrected chi connectivity index (χ4v) is 4.24. The van der Waals surface area contributed by atoms with Crippen LogP contribution in [0.3, 0.4) is 0 Å². The third-order valence-electron chi connectivity index (χ3n) is 3.69. The van der Waals surface area contributed by atoms with Crippen LogP contribution in [0, 0.1) is 0 Å². The zero-order valence-corrected chi connectivity index (χ0v) is 13.5. The molecule has 0 aliphatic carbocycles. The van der Waals surface area contributed by atoms with Crippen LogP contribution in [-0.2, 0) is 19.4 Å². The molecule has 1 atom stereocenters. The summed E-state index contributed by atoms with van der Waals surface area (Å²) in [5.74, 6) is 0.0151. The van der Waals surface area contributed by atoms with Gasteiger partial charge in [0.15, 0.2) is 9.84 Å².